The molecule has 0 radical (unpaired) electrons. The number of hydrogen-bond donors (Lipinski definition) is 1. The molecule has 1 aromatic rings. The smallest absolute Gasteiger partial charge is 0.330 e. The number of rotatable bonds is 13. The van der Waals surface area contributed by atoms with Crippen LogP contribution in [0, 0.1) is 11.8 Å². The maximum atomic E-state index is 12.0. The molecular weight excluding hydrogens is 438 g/mol. The minimum absolute atomic E-state index is 0.221. The molecule has 0 saturated heterocycles. The molecule has 0 aliphatic heterocycles. The summed E-state index contributed by atoms with van der Waals surface area (Å²) in [4.78, 5) is 12.0. The van der Waals surface area contributed by atoms with Crippen molar-refractivity contribution in [2.24, 2.45) is 11.8 Å². The number of carbonyl (C=O) groups excluding carboxylic acids is 1. The minimum atomic E-state index is -1.68. The van der Waals surface area contributed by atoms with Crippen LogP contribution in [0.4, 0.5) is 0 Å². The second kappa shape index (κ2) is 14.2. The molecule has 1 N–H and O–H groups in total. The van der Waals surface area contributed by atoms with Crippen molar-refractivity contribution in [2.75, 3.05) is 13.2 Å². The molecule has 1 saturated carbocycles. The summed E-state index contributed by atoms with van der Waals surface area (Å²) >= 11 is 0. The Morgan fingerprint density at radius 1 is 1.15 bits per heavy atom. The fourth-order valence-corrected chi connectivity index (χ4v) is 5.35. The molecular formula is C29H49NO3Si. The maximum absolute atomic E-state index is 12.0. The van der Waals surface area contributed by atoms with Gasteiger partial charge in [-0.2, -0.15) is 0 Å². The molecule has 1 atom stereocenters. The zero-order valence-electron chi connectivity index (χ0n) is 22.6. The van der Waals surface area contributed by atoms with Crippen molar-refractivity contribution in [1.82, 2.24) is 5.32 Å². The first-order valence-electron chi connectivity index (χ1n) is 13.4. The Kier molecular flexibility index (Phi) is 12.0. The monoisotopic (exact) mass is 487 g/mol. The summed E-state index contributed by atoms with van der Waals surface area (Å²) in [5.74, 6) is 1.07. The first-order valence-corrected chi connectivity index (χ1v) is 16.3. The molecule has 1 aliphatic rings. The summed E-state index contributed by atoms with van der Waals surface area (Å²) in [7, 11) is -1.68. The molecule has 0 aromatic heterocycles. The van der Waals surface area contributed by atoms with Crippen LogP contribution < -0.4 is 5.32 Å². The van der Waals surface area contributed by atoms with E-state index in [1.165, 1.54) is 31.2 Å². The molecule has 34 heavy (non-hydrogen) atoms. The zero-order valence-corrected chi connectivity index (χ0v) is 23.6. The molecule has 5 heteroatoms. The van der Waals surface area contributed by atoms with E-state index < -0.39 is 8.32 Å². The third kappa shape index (κ3) is 10.0. The van der Waals surface area contributed by atoms with Crippen LogP contribution in [0.3, 0.4) is 0 Å². The van der Waals surface area contributed by atoms with Gasteiger partial charge < -0.3 is 14.5 Å². The van der Waals surface area contributed by atoms with Gasteiger partial charge in [0.2, 0.25) is 0 Å². The molecule has 1 unspecified atom stereocenters. The molecule has 192 valence electrons. The summed E-state index contributed by atoms with van der Waals surface area (Å²) in [5, 5.41) is 4.06. The van der Waals surface area contributed by atoms with E-state index in [9.17, 15) is 4.79 Å². The van der Waals surface area contributed by atoms with E-state index in [2.05, 4.69) is 76.4 Å². The summed E-state index contributed by atoms with van der Waals surface area (Å²) in [5.41, 5.74) is 1.30. The first-order chi connectivity index (χ1) is 16.1. The predicted octanol–water partition coefficient (Wildman–Crippen LogP) is 7.26. The lowest BCUT2D eigenvalue weighted by atomic mass is 9.78. The number of hydrogen-bond acceptors (Lipinski definition) is 4. The summed E-state index contributed by atoms with van der Waals surface area (Å²) < 4.78 is 11.8. The van der Waals surface area contributed by atoms with Gasteiger partial charge in [-0.1, -0.05) is 70.5 Å². The molecule has 1 aliphatic carbocycles. The van der Waals surface area contributed by atoms with Crippen LogP contribution in [0.2, 0.25) is 18.1 Å². The standard InChI is InChI=1S/C29H49NO3Si/c1-7-8-21-32-28(31)16-12-15-27(30-22-24-13-10-9-11-14-24)26-19-17-25(18-20-26)23-33-34(5,6)29(2,3)4/h9-14,16,25-27,30H,7-8,15,17-23H2,1-6H3. The number of esters is 1. The molecule has 0 bridgehead atoms. The molecule has 1 aromatic carbocycles. The van der Waals surface area contributed by atoms with Crippen molar-refractivity contribution in [3.63, 3.8) is 0 Å². The lowest BCUT2D eigenvalue weighted by Gasteiger charge is -2.39. The molecule has 2 rings (SSSR count). The second-order valence-electron chi connectivity index (χ2n) is 11.5. The highest BCUT2D eigenvalue weighted by Crippen LogP contribution is 2.38. The normalized spacial score (nSPS) is 20.4. The third-order valence-corrected chi connectivity index (χ3v) is 12.2. The van der Waals surface area contributed by atoms with Gasteiger partial charge in [0, 0.05) is 25.3 Å². The van der Waals surface area contributed by atoms with Crippen LogP contribution >= 0.6 is 0 Å². The molecule has 0 spiro atoms. The van der Waals surface area contributed by atoms with Crippen molar-refractivity contribution >= 4 is 14.3 Å². The Morgan fingerprint density at radius 3 is 2.44 bits per heavy atom. The van der Waals surface area contributed by atoms with Crippen molar-refractivity contribution in [3.05, 3.63) is 48.0 Å². The summed E-state index contributed by atoms with van der Waals surface area (Å²) in [6.45, 7) is 16.0. The van der Waals surface area contributed by atoms with E-state index in [4.69, 9.17) is 9.16 Å². The van der Waals surface area contributed by atoms with Crippen LogP contribution in [0.15, 0.2) is 42.5 Å². The SMILES string of the molecule is CCCCOC(=O)C=CCC(NCc1ccccc1)C1CCC(CO[Si](C)(C)C(C)(C)C)CC1. The number of carbonyl (C=O) groups is 1. The van der Waals surface area contributed by atoms with E-state index in [1.54, 1.807) is 6.08 Å². The van der Waals surface area contributed by atoms with Crippen molar-refractivity contribution in [2.45, 2.75) is 103 Å². The number of unbranched alkanes of at least 4 members (excludes halogenated alkanes) is 1. The van der Waals surface area contributed by atoms with Crippen LogP contribution in [-0.4, -0.2) is 33.5 Å². The third-order valence-electron chi connectivity index (χ3n) is 7.74. The van der Waals surface area contributed by atoms with Gasteiger partial charge in [-0.3, -0.25) is 0 Å². The van der Waals surface area contributed by atoms with Crippen LogP contribution in [0.25, 0.3) is 0 Å². The van der Waals surface area contributed by atoms with Gasteiger partial charge in [-0.05, 0) is 74.1 Å². The van der Waals surface area contributed by atoms with E-state index >= 15 is 0 Å². The Hall–Kier alpha value is -1.43. The van der Waals surface area contributed by atoms with E-state index in [1.807, 2.05) is 6.08 Å². The predicted molar refractivity (Wildman–Crippen MR) is 145 cm³/mol. The van der Waals surface area contributed by atoms with Gasteiger partial charge in [0.1, 0.15) is 0 Å². The highest BCUT2D eigenvalue weighted by Gasteiger charge is 2.38. The molecule has 0 heterocycles. The Balaban J connectivity index is 1.89. The zero-order chi connectivity index (χ0) is 25.0. The summed E-state index contributed by atoms with van der Waals surface area (Å²) in [6, 6.07) is 10.9. The van der Waals surface area contributed by atoms with Gasteiger partial charge >= 0.3 is 5.97 Å². The van der Waals surface area contributed by atoms with Gasteiger partial charge in [0.15, 0.2) is 8.32 Å². The van der Waals surface area contributed by atoms with Gasteiger partial charge in [0.05, 0.1) is 6.61 Å². The Labute approximate surface area is 210 Å². The molecule has 1 fully saturated rings. The fourth-order valence-electron chi connectivity index (χ4n) is 4.26. The lowest BCUT2D eigenvalue weighted by molar-refractivity contribution is -0.137. The number of ether oxygens (including phenoxy) is 1. The highest BCUT2D eigenvalue weighted by molar-refractivity contribution is 6.74. The van der Waals surface area contributed by atoms with Gasteiger partial charge in [0.25, 0.3) is 0 Å². The quantitative estimate of drug-likeness (QED) is 0.138. The average molecular weight is 488 g/mol. The number of nitrogens with one attached hydrogen (secondary N) is 1. The van der Waals surface area contributed by atoms with Crippen molar-refractivity contribution in [3.8, 4) is 0 Å². The second-order valence-corrected chi connectivity index (χ2v) is 16.3. The van der Waals surface area contributed by atoms with E-state index in [0.29, 0.717) is 24.5 Å². The van der Waals surface area contributed by atoms with Crippen molar-refractivity contribution < 1.29 is 14.0 Å². The van der Waals surface area contributed by atoms with Crippen LogP contribution in [0.1, 0.15) is 78.2 Å². The van der Waals surface area contributed by atoms with Crippen LogP contribution in [-0.2, 0) is 20.5 Å². The molecule has 0 amide bonds. The maximum Gasteiger partial charge on any atom is 0.330 e. The first kappa shape index (κ1) is 28.8. The lowest BCUT2D eigenvalue weighted by Crippen LogP contribution is -2.43. The minimum Gasteiger partial charge on any atom is -0.463 e. The summed E-state index contributed by atoms with van der Waals surface area (Å²) in [6.07, 6.45) is 11.3. The van der Waals surface area contributed by atoms with E-state index in [0.717, 1.165) is 32.4 Å². The Morgan fingerprint density at radius 2 is 1.82 bits per heavy atom. The van der Waals surface area contributed by atoms with Crippen LogP contribution in [0.5, 0.6) is 0 Å². The largest absolute Gasteiger partial charge is 0.463 e. The fraction of sp³-hybridized carbons (Fsp3) is 0.690. The number of benzene rings is 1. The highest BCUT2D eigenvalue weighted by atomic mass is 28.4. The van der Waals surface area contributed by atoms with Gasteiger partial charge in [-0.15, -0.1) is 0 Å². The van der Waals surface area contributed by atoms with Gasteiger partial charge in [-0.25, -0.2) is 4.79 Å². The average Bonchev–Trinajstić information content (AvgIpc) is 2.80. The topological polar surface area (TPSA) is 47.6 Å². The van der Waals surface area contributed by atoms with E-state index in [-0.39, 0.29) is 11.0 Å². The Bertz CT molecular complexity index is 733. The van der Waals surface area contributed by atoms with Crippen molar-refractivity contribution in [1.29, 1.82) is 0 Å². The molecule has 4 nitrogen and oxygen atoms in total.